The molecule has 0 saturated heterocycles. The minimum atomic E-state index is -0.141. The maximum absolute atomic E-state index is 6.28. The van der Waals surface area contributed by atoms with Gasteiger partial charge in [0.25, 0.3) is 0 Å². The largest absolute Gasteiger partial charge is 0.493 e. The summed E-state index contributed by atoms with van der Waals surface area (Å²) in [6.45, 7) is 0. The van der Waals surface area contributed by atoms with Gasteiger partial charge in [0, 0.05) is 15.5 Å². The summed E-state index contributed by atoms with van der Waals surface area (Å²) in [7, 11) is 3.24. The highest BCUT2D eigenvalue weighted by atomic mass is 79.9. The molecule has 0 fully saturated rings. The van der Waals surface area contributed by atoms with Crippen molar-refractivity contribution in [1.82, 2.24) is 0 Å². The lowest BCUT2D eigenvalue weighted by molar-refractivity contribution is 0.354. The molecule has 0 spiro atoms. The lowest BCUT2D eigenvalue weighted by Gasteiger charge is -2.15. The molecule has 0 aliphatic rings. The van der Waals surface area contributed by atoms with Gasteiger partial charge < -0.3 is 15.2 Å². The molecular formula is C16H17BrClNO2. The smallest absolute Gasteiger partial charge is 0.160 e. The fourth-order valence-electron chi connectivity index (χ4n) is 2.17. The van der Waals surface area contributed by atoms with Crippen LogP contribution in [-0.4, -0.2) is 14.2 Å². The Morgan fingerprint density at radius 2 is 1.81 bits per heavy atom. The molecule has 3 nitrogen and oxygen atoms in total. The summed E-state index contributed by atoms with van der Waals surface area (Å²) in [5, 5.41) is 0.669. The van der Waals surface area contributed by atoms with Crippen LogP contribution in [0.4, 0.5) is 0 Å². The maximum atomic E-state index is 6.28. The quantitative estimate of drug-likeness (QED) is 0.850. The topological polar surface area (TPSA) is 44.5 Å². The third-order valence-corrected chi connectivity index (χ3v) is 3.89. The second-order valence-electron chi connectivity index (χ2n) is 4.70. The van der Waals surface area contributed by atoms with Crippen molar-refractivity contribution >= 4 is 27.5 Å². The average molecular weight is 371 g/mol. The third-order valence-electron chi connectivity index (χ3n) is 3.22. The Morgan fingerprint density at radius 3 is 2.43 bits per heavy atom. The fourth-order valence-corrected chi connectivity index (χ4v) is 3.05. The van der Waals surface area contributed by atoms with Gasteiger partial charge in [-0.05, 0) is 47.9 Å². The van der Waals surface area contributed by atoms with Crippen molar-refractivity contribution in [1.29, 1.82) is 0 Å². The molecule has 1 unspecified atom stereocenters. The first-order valence-electron chi connectivity index (χ1n) is 6.46. The van der Waals surface area contributed by atoms with Crippen LogP contribution in [0.25, 0.3) is 0 Å². The zero-order valence-corrected chi connectivity index (χ0v) is 14.2. The van der Waals surface area contributed by atoms with Crippen LogP contribution in [0, 0.1) is 0 Å². The fraction of sp³-hybridized carbons (Fsp3) is 0.250. The minimum absolute atomic E-state index is 0.141. The van der Waals surface area contributed by atoms with E-state index < -0.39 is 0 Å². The summed E-state index contributed by atoms with van der Waals surface area (Å²) in [4.78, 5) is 0. The van der Waals surface area contributed by atoms with E-state index in [4.69, 9.17) is 26.8 Å². The van der Waals surface area contributed by atoms with Crippen molar-refractivity contribution in [2.24, 2.45) is 5.73 Å². The summed E-state index contributed by atoms with van der Waals surface area (Å²) in [5.74, 6) is 1.41. The predicted molar refractivity (Wildman–Crippen MR) is 89.3 cm³/mol. The second-order valence-corrected chi connectivity index (χ2v) is 6.05. The van der Waals surface area contributed by atoms with Gasteiger partial charge in [0.1, 0.15) is 0 Å². The van der Waals surface area contributed by atoms with Crippen LogP contribution in [0.5, 0.6) is 11.5 Å². The van der Waals surface area contributed by atoms with Crippen molar-refractivity contribution in [2.45, 2.75) is 12.5 Å². The van der Waals surface area contributed by atoms with Crippen LogP contribution in [-0.2, 0) is 6.42 Å². The monoisotopic (exact) mass is 369 g/mol. The van der Waals surface area contributed by atoms with Gasteiger partial charge in [0.05, 0.1) is 14.2 Å². The first-order chi connectivity index (χ1) is 10.0. The van der Waals surface area contributed by atoms with E-state index in [0.29, 0.717) is 22.9 Å². The summed E-state index contributed by atoms with van der Waals surface area (Å²) in [6.07, 6.45) is 0.688. The van der Waals surface area contributed by atoms with Gasteiger partial charge in [-0.25, -0.2) is 0 Å². The summed E-state index contributed by atoms with van der Waals surface area (Å²) in [5.41, 5.74) is 8.35. The van der Waals surface area contributed by atoms with Crippen LogP contribution in [0.1, 0.15) is 17.2 Å². The Balaban J connectivity index is 2.20. The summed E-state index contributed by atoms with van der Waals surface area (Å²) < 4.78 is 11.5. The van der Waals surface area contributed by atoms with E-state index in [-0.39, 0.29) is 6.04 Å². The third kappa shape index (κ3) is 4.13. The van der Waals surface area contributed by atoms with Gasteiger partial charge in [-0.3, -0.25) is 0 Å². The van der Waals surface area contributed by atoms with Crippen molar-refractivity contribution in [3.8, 4) is 11.5 Å². The van der Waals surface area contributed by atoms with Crippen molar-refractivity contribution in [3.63, 3.8) is 0 Å². The Morgan fingerprint density at radius 1 is 1.10 bits per heavy atom. The molecule has 2 rings (SSSR count). The standard InChI is InChI=1S/C16H17BrClNO2/c1-20-15-4-3-10(6-16(15)21-2)5-14(19)11-7-12(17)9-13(18)8-11/h3-4,6-9,14H,5,19H2,1-2H3. The minimum Gasteiger partial charge on any atom is -0.493 e. The molecule has 0 aromatic heterocycles. The van der Waals surface area contributed by atoms with E-state index in [0.717, 1.165) is 15.6 Å². The van der Waals surface area contributed by atoms with E-state index in [1.54, 1.807) is 14.2 Å². The molecule has 0 aliphatic carbocycles. The number of rotatable bonds is 5. The number of methoxy groups -OCH3 is 2. The average Bonchev–Trinajstić information content (AvgIpc) is 2.46. The Bertz CT molecular complexity index is 613. The van der Waals surface area contributed by atoms with Gasteiger partial charge in [-0.15, -0.1) is 0 Å². The van der Waals surface area contributed by atoms with E-state index in [1.807, 2.05) is 36.4 Å². The Hall–Kier alpha value is -1.23. The number of nitrogens with two attached hydrogens (primary N) is 1. The van der Waals surface area contributed by atoms with Crippen LogP contribution >= 0.6 is 27.5 Å². The predicted octanol–water partition coefficient (Wildman–Crippen LogP) is 4.36. The molecule has 0 bridgehead atoms. The van der Waals surface area contributed by atoms with E-state index in [2.05, 4.69) is 15.9 Å². The first-order valence-corrected chi connectivity index (χ1v) is 7.63. The zero-order chi connectivity index (χ0) is 15.4. The molecule has 21 heavy (non-hydrogen) atoms. The summed E-state index contributed by atoms with van der Waals surface area (Å²) in [6, 6.07) is 11.4. The van der Waals surface area contributed by atoms with Crippen molar-refractivity contribution in [3.05, 3.63) is 57.0 Å². The molecular weight excluding hydrogens is 354 g/mol. The molecule has 2 N–H and O–H groups in total. The van der Waals surface area contributed by atoms with Gasteiger partial charge in [-0.2, -0.15) is 0 Å². The highest BCUT2D eigenvalue weighted by Gasteiger charge is 2.11. The highest BCUT2D eigenvalue weighted by molar-refractivity contribution is 9.10. The molecule has 0 aliphatic heterocycles. The van der Waals surface area contributed by atoms with Crippen molar-refractivity contribution < 1.29 is 9.47 Å². The van der Waals surface area contributed by atoms with E-state index in [1.165, 1.54) is 0 Å². The van der Waals surface area contributed by atoms with Gasteiger partial charge >= 0.3 is 0 Å². The molecule has 0 saturated carbocycles. The lowest BCUT2D eigenvalue weighted by Crippen LogP contribution is -2.13. The first kappa shape index (κ1) is 16.1. The molecule has 1 atom stereocenters. The molecule has 112 valence electrons. The van der Waals surface area contributed by atoms with E-state index >= 15 is 0 Å². The molecule has 0 amide bonds. The SMILES string of the molecule is COc1ccc(CC(N)c2cc(Cl)cc(Br)c2)cc1OC. The summed E-state index contributed by atoms with van der Waals surface area (Å²) >= 11 is 9.49. The number of hydrogen-bond donors (Lipinski definition) is 1. The Labute approximate surface area is 138 Å². The van der Waals surface area contributed by atoms with Gasteiger partial charge in [0.15, 0.2) is 11.5 Å². The molecule has 0 heterocycles. The van der Waals surface area contributed by atoms with Crippen LogP contribution < -0.4 is 15.2 Å². The van der Waals surface area contributed by atoms with E-state index in [9.17, 15) is 0 Å². The van der Waals surface area contributed by atoms with Crippen LogP contribution in [0.3, 0.4) is 0 Å². The molecule has 2 aromatic rings. The molecule has 2 aromatic carbocycles. The van der Waals surface area contributed by atoms with Crippen LogP contribution in [0.15, 0.2) is 40.9 Å². The number of halogens is 2. The zero-order valence-electron chi connectivity index (χ0n) is 11.9. The van der Waals surface area contributed by atoms with Gasteiger partial charge in [0.2, 0.25) is 0 Å². The molecule has 0 radical (unpaired) electrons. The number of hydrogen-bond acceptors (Lipinski definition) is 3. The highest BCUT2D eigenvalue weighted by Crippen LogP contribution is 2.30. The normalized spacial score (nSPS) is 12.0. The number of ether oxygens (including phenoxy) is 2. The number of benzene rings is 2. The lowest BCUT2D eigenvalue weighted by atomic mass is 9.99. The second kappa shape index (κ2) is 7.16. The van der Waals surface area contributed by atoms with Crippen LogP contribution in [0.2, 0.25) is 5.02 Å². The Kier molecular flexibility index (Phi) is 5.51. The van der Waals surface area contributed by atoms with Crippen molar-refractivity contribution in [2.75, 3.05) is 14.2 Å². The van der Waals surface area contributed by atoms with Gasteiger partial charge in [-0.1, -0.05) is 33.6 Å². The molecule has 5 heteroatoms. The maximum Gasteiger partial charge on any atom is 0.160 e.